The molecule has 16 heavy (non-hydrogen) atoms. The molecular weight excluding hydrogens is 200 g/mol. The molecule has 2 unspecified atom stereocenters. The zero-order valence-corrected chi connectivity index (χ0v) is 9.82. The van der Waals surface area contributed by atoms with E-state index in [0.717, 1.165) is 24.8 Å². The maximum atomic E-state index is 10.5. The molecule has 0 bridgehead atoms. The Bertz CT molecular complexity index is 367. The van der Waals surface area contributed by atoms with E-state index >= 15 is 0 Å². The summed E-state index contributed by atoms with van der Waals surface area (Å²) in [6.45, 7) is 2.21. The van der Waals surface area contributed by atoms with Gasteiger partial charge in [0.2, 0.25) is 0 Å². The molecule has 1 aliphatic carbocycles. The smallest absolute Gasteiger partial charge is 0.126 e. The first kappa shape index (κ1) is 11.4. The predicted octanol–water partition coefficient (Wildman–Crippen LogP) is 2.15. The normalized spacial score (nSPS) is 30.2. The SMILES string of the molecule is CC1CCCC(O)(Cc2cccnc2N)C1. The number of aromatic nitrogens is 1. The fourth-order valence-electron chi connectivity index (χ4n) is 2.75. The van der Waals surface area contributed by atoms with E-state index in [1.807, 2.05) is 12.1 Å². The van der Waals surface area contributed by atoms with Gasteiger partial charge in [-0.2, -0.15) is 0 Å². The molecule has 1 aliphatic rings. The first-order valence-corrected chi connectivity index (χ1v) is 6.01. The maximum Gasteiger partial charge on any atom is 0.126 e. The van der Waals surface area contributed by atoms with Crippen molar-refractivity contribution in [1.29, 1.82) is 0 Å². The molecule has 88 valence electrons. The van der Waals surface area contributed by atoms with E-state index in [0.29, 0.717) is 18.2 Å². The lowest BCUT2D eigenvalue weighted by Gasteiger charge is -2.35. The number of hydrogen-bond acceptors (Lipinski definition) is 3. The van der Waals surface area contributed by atoms with Crippen LogP contribution < -0.4 is 5.73 Å². The van der Waals surface area contributed by atoms with Crippen molar-refractivity contribution in [3.63, 3.8) is 0 Å². The van der Waals surface area contributed by atoms with Gasteiger partial charge in [-0.15, -0.1) is 0 Å². The van der Waals surface area contributed by atoms with Crippen molar-refractivity contribution < 1.29 is 5.11 Å². The fourth-order valence-corrected chi connectivity index (χ4v) is 2.75. The lowest BCUT2D eigenvalue weighted by atomic mass is 9.76. The minimum absolute atomic E-state index is 0.550. The zero-order valence-electron chi connectivity index (χ0n) is 9.82. The summed E-state index contributed by atoms with van der Waals surface area (Å²) in [4.78, 5) is 4.06. The van der Waals surface area contributed by atoms with E-state index in [-0.39, 0.29) is 0 Å². The van der Waals surface area contributed by atoms with E-state index in [1.54, 1.807) is 6.20 Å². The number of aliphatic hydroxyl groups is 1. The van der Waals surface area contributed by atoms with E-state index in [9.17, 15) is 5.11 Å². The molecule has 1 heterocycles. The van der Waals surface area contributed by atoms with Crippen LogP contribution in [0.2, 0.25) is 0 Å². The van der Waals surface area contributed by atoms with Gasteiger partial charge in [0.25, 0.3) is 0 Å². The second-order valence-electron chi connectivity index (χ2n) is 5.15. The van der Waals surface area contributed by atoms with Crippen LogP contribution in [0, 0.1) is 5.92 Å². The maximum absolute atomic E-state index is 10.5. The summed E-state index contributed by atoms with van der Waals surface area (Å²) in [7, 11) is 0. The Morgan fingerprint density at radius 2 is 2.44 bits per heavy atom. The van der Waals surface area contributed by atoms with Crippen molar-refractivity contribution in [3.05, 3.63) is 23.9 Å². The summed E-state index contributed by atoms with van der Waals surface area (Å²) in [5.74, 6) is 1.16. The van der Waals surface area contributed by atoms with Crippen LogP contribution in [-0.2, 0) is 6.42 Å². The number of pyridine rings is 1. The molecule has 0 radical (unpaired) electrons. The van der Waals surface area contributed by atoms with Crippen molar-refractivity contribution in [3.8, 4) is 0 Å². The Hall–Kier alpha value is -1.09. The molecule has 3 heteroatoms. The van der Waals surface area contributed by atoms with Gasteiger partial charge in [-0.1, -0.05) is 25.8 Å². The third-order valence-electron chi connectivity index (χ3n) is 3.51. The van der Waals surface area contributed by atoms with Gasteiger partial charge in [0, 0.05) is 12.6 Å². The molecule has 0 spiro atoms. The third-order valence-corrected chi connectivity index (χ3v) is 3.51. The Morgan fingerprint density at radius 3 is 3.12 bits per heavy atom. The van der Waals surface area contributed by atoms with Crippen molar-refractivity contribution in [2.24, 2.45) is 5.92 Å². The summed E-state index contributed by atoms with van der Waals surface area (Å²) in [6.07, 6.45) is 6.42. The highest BCUT2D eigenvalue weighted by Crippen LogP contribution is 2.35. The van der Waals surface area contributed by atoms with Gasteiger partial charge in [-0.25, -0.2) is 4.98 Å². The Labute approximate surface area is 96.7 Å². The molecule has 0 aliphatic heterocycles. The van der Waals surface area contributed by atoms with Gasteiger partial charge in [-0.3, -0.25) is 0 Å². The average molecular weight is 220 g/mol. The monoisotopic (exact) mass is 220 g/mol. The molecule has 0 amide bonds. The summed E-state index contributed by atoms with van der Waals surface area (Å²) in [6, 6.07) is 3.83. The molecule has 2 rings (SSSR count). The Morgan fingerprint density at radius 1 is 1.62 bits per heavy atom. The van der Waals surface area contributed by atoms with Crippen LogP contribution in [0.3, 0.4) is 0 Å². The van der Waals surface area contributed by atoms with Crippen molar-refractivity contribution >= 4 is 5.82 Å². The average Bonchev–Trinajstić information content (AvgIpc) is 2.21. The van der Waals surface area contributed by atoms with Gasteiger partial charge in [0.1, 0.15) is 5.82 Å². The molecule has 1 aromatic heterocycles. The number of anilines is 1. The molecule has 3 nitrogen and oxygen atoms in total. The van der Waals surface area contributed by atoms with Gasteiger partial charge in [0.05, 0.1) is 5.60 Å². The molecule has 1 fully saturated rings. The minimum atomic E-state index is -0.575. The Balaban J connectivity index is 2.11. The number of nitrogen functional groups attached to an aromatic ring is 1. The number of nitrogens with two attached hydrogens (primary N) is 1. The standard InChI is InChI=1S/C13H20N2O/c1-10-4-2-6-13(16,8-10)9-11-5-3-7-15-12(11)14/h3,5,7,10,16H,2,4,6,8-9H2,1H3,(H2,14,15). The second-order valence-corrected chi connectivity index (χ2v) is 5.15. The lowest BCUT2D eigenvalue weighted by molar-refractivity contribution is -0.0123. The fraction of sp³-hybridized carbons (Fsp3) is 0.615. The number of hydrogen-bond donors (Lipinski definition) is 2. The van der Waals surface area contributed by atoms with Crippen LogP contribution >= 0.6 is 0 Å². The van der Waals surface area contributed by atoms with E-state index in [2.05, 4.69) is 11.9 Å². The summed E-state index contributed by atoms with van der Waals surface area (Å²) in [5.41, 5.74) is 6.21. The van der Waals surface area contributed by atoms with Crippen molar-refractivity contribution in [2.75, 3.05) is 5.73 Å². The van der Waals surface area contributed by atoms with Crippen LogP contribution in [0.15, 0.2) is 18.3 Å². The molecule has 3 N–H and O–H groups in total. The van der Waals surface area contributed by atoms with Crippen LogP contribution in [0.1, 0.15) is 38.2 Å². The zero-order chi connectivity index (χ0) is 11.6. The van der Waals surface area contributed by atoms with Crippen molar-refractivity contribution in [1.82, 2.24) is 4.98 Å². The molecule has 1 aromatic rings. The van der Waals surface area contributed by atoms with Gasteiger partial charge in [0.15, 0.2) is 0 Å². The van der Waals surface area contributed by atoms with Crippen LogP contribution in [0.5, 0.6) is 0 Å². The van der Waals surface area contributed by atoms with Crippen LogP contribution in [0.25, 0.3) is 0 Å². The molecule has 2 atom stereocenters. The first-order chi connectivity index (χ1) is 7.59. The quantitative estimate of drug-likeness (QED) is 0.803. The van der Waals surface area contributed by atoms with Gasteiger partial charge >= 0.3 is 0 Å². The van der Waals surface area contributed by atoms with Crippen LogP contribution in [0.4, 0.5) is 5.82 Å². The van der Waals surface area contributed by atoms with Gasteiger partial charge in [-0.05, 0) is 30.4 Å². The second kappa shape index (κ2) is 4.42. The summed E-state index contributed by atoms with van der Waals surface area (Å²) >= 11 is 0. The number of nitrogens with zero attached hydrogens (tertiary/aromatic N) is 1. The van der Waals surface area contributed by atoms with Crippen molar-refractivity contribution in [2.45, 2.75) is 44.6 Å². The minimum Gasteiger partial charge on any atom is -0.390 e. The summed E-state index contributed by atoms with van der Waals surface area (Å²) < 4.78 is 0. The lowest BCUT2D eigenvalue weighted by Crippen LogP contribution is -2.37. The first-order valence-electron chi connectivity index (χ1n) is 6.01. The number of rotatable bonds is 2. The predicted molar refractivity (Wildman–Crippen MR) is 64.9 cm³/mol. The molecule has 0 saturated heterocycles. The van der Waals surface area contributed by atoms with Gasteiger partial charge < -0.3 is 10.8 Å². The third kappa shape index (κ3) is 2.53. The highest BCUT2D eigenvalue weighted by atomic mass is 16.3. The highest BCUT2D eigenvalue weighted by Gasteiger charge is 2.33. The molecule has 1 saturated carbocycles. The Kier molecular flexibility index (Phi) is 3.15. The highest BCUT2D eigenvalue weighted by molar-refractivity contribution is 5.39. The van der Waals surface area contributed by atoms with E-state index in [4.69, 9.17) is 5.73 Å². The largest absolute Gasteiger partial charge is 0.390 e. The molecular formula is C13H20N2O. The van der Waals surface area contributed by atoms with E-state index in [1.165, 1.54) is 6.42 Å². The summed E-state index contributed by atoms with van der Waals surface area (Å²) in [5, 5.41) is 10.5. The van der Waals surface area contributed by atoms with E-state index < -0.39 is 5.60 Å². The molecule has 0 aromatic carbocycles. The van der Waals surface area contributed by atoms with Crippen LogP contribution in [-0.4, -0.2) is 15.7 Å². The topological polar surface area (TPSA) is 59.1 Å².